The molecule has 0 fully saturated rings. The number of hydrogen-bond acceptors (Lipinski definition) is 3. The first kappa shape index (κ1) is 19.6. The second-order valence-corrected chi connectivity index (χ2v) is 9.83. The molecule has 0 aromatic heterocycles. The van der Waals surface area contributed by atoms with Gasteiger partial charge < -0.3 is 4.90 Å². The maximum atomic E-state index is 12.9. The molecule has 1 N–H and O–H groups in total. The van der Waals surface area contributed by atoms with Gasteiger partial charge in [-0.2, -0.15) is 0 Å². The third kappa shape index (κ3) is 4.39. The van der Waals surface area contributed by atoms with E-state index >= 15 is 0 Å². The minimum Gasteiger partial charge on any atom is -0.308 e. The van der Waals surface area contributed by atoms with E-state index in [0.717, 1.165) is 5.56 Å². The van der Waals surface area contributed by atoms with Crippen LogP contribution in [0.5, 0.6) is 0 Å². The van der Waals surface area contributed by atoms with Crippen molar-refractivity contribution in [1.29, 1.82) is 0 Å². The van der Waals surface area contributed by atoms with E-state index in [2.05, 4.69) is 10.8 Å². The summed E-state index contributed by atoms with van der Waals surface area (Å²) in [5, 5.41) is 0. The lowest BCUT2D eigenvalue weighted by atomic mass is 9.98. The molecule has 1 unspecified atom stereocenters. The molecule has 0 radical (unpaired) electrons. The van der Waals surface area contributed by atoms with Crippen molar-refractivity contribution < 1.29 is 13.2 Å². The summed E-state index contributed by atoms with van der Waals surface area (Å²) in [7, 11) is -3.60. The van der Waals surface area contributed by atoms with Crippen LogP contribution in [-0.4, -0.2) is 19.9 Å². The average molecular weight is 387 g/mol. The number of benzene rings is 2. The van der Waals surface area contributed by atoms with Crippen LogP contribution in [0, 0.1) is 5.92 Å². The molecule has 1 aliphatic heterocycles. The zero-order valence-corrected chi connectivity index (χ0v) is 17.0. The van der Waals surface area contributed by atoms with Crippen LogP contribution in [0.25, 0.3) is 0 Å². The molecular formula is C21H26N2O3S. The van der Waals surface area contributed by atoms with Crippen molar-refractivity contribution in [3.05, 3.63) is 59.7 Å². The highest BCUT2D eigenvalue weighted by Gasteiger charge is 2.28. The molecule has 1 aliphatic rings. The largest absolute Gasteiger partial charge is 0.308 e. The highest BCUT2D eigenvalue weighted by atomic mass is 32.2. The molecule has 1 amide bonds. The fourth-order valence-electron chi connectivity index (χ4n) is 3.33. The molecule has 2 aromatic rings. The second-order valence-electron chi connectivity index (χ2n) is 8.15. The monoisotopic (exact) mass is 386 g/mol. The van der Waals surface area contributed by atoms with Crippen LogP contribution in [0.2, 0.25) is 0 Å². The average Bonchev–Trinajstić information content (AvgIpc) is 2.70. The van der Waals surface area contributed by atoms with E-state index in [0.29, 0.717) is 18.7 Å². The number of fused-ring (bicyclic) bond motifs is 1. The molecule has 27 heavy (non-hydrogen) atoms. The van der Waals surface area contributed by atoms with Crippen molar-refractivity contribution in [1.82, 2.24) is 4.72 Å². The predicted molar refractivity (Wildman–Crippen MR) is 107 cm³/mol. The fraction of sp³-hybridized carbons (Fsp3) is 0.381. The number of sulfonamides is 1. The summed E-state index contributed by atoms with van der Waals surface area (Å²) in [5.74, 6) is -0.0748. The summed E-state index contributed by atoms with van der Waals surface area (Å²) < 4.78 is 27.6. The summed E-state index contributed by atoms with van der Waals surface area (Å²) in [4.78, 5) is 14.8. The first-order valence-corrected chi connectivity index (χ1v) is 10.6. The quantitative estimate of drug-likeness (QED) is 0.878. The van der Waals surface area contributed by atoms with Gasteiger partial charge in [-0.05, 0) is 62.6 Å². The molecule has 6 heteroatoms. The molecule has 1 heterocycles. The SMILES string of the molecule is CC1Cc2ccccc2CN(c2ccc(S(=O)(=O)NC(C)(C)C)cc2)C1=O. The van der Waals surface area contributed by atoms with Crippen LogP contribution in [0.15, 0.2) is 53.4 Å². The van der Waals surface area contributed by atoms with Crippen LogP contribution in [0.3, 0.4) is 0 Å². The fourth-order valence-corrected chi connectivity index (χ4v) is 4.75. The highest BCUT2D eigenvalue weighted by Crippen LogP contribution is 2.28. The molecule has 0 bridgehead atoms. The van der Waals surface area contributed by atoms with Gasteiger partial charge in [0.2, 0.25) is 15.9 Å². The highest BCUT2D eigenvalue weighted by molar-refractivity contribution is 7.89. The van der Waals surface area contributed by atoms with Crippen LogP contribution in [0.1, 0.15) is 38.8 Å². The number of nitrogens with zero attached hydrogens (tertiary/aromatic N) is 1. The number of carbonyl (C=O) groups is 1. The molecular weight excluding hydrogens is 360 g/mol. The third-order valence-electron chi connectivity index (χ3n) is 4.56. The van der Waals surface area contributed by atoms with E-state index in [9.17, 15) is 13.2 Å². The topological polar surface area (TPSA) is 66.5 Å². The Balaban J connectivity index is 1.91. The molecule has 144 valence electrons. The Labute approximate surface area is 161 Å². The Kier molecular flexibility index (Phi) is 5.14. The van der Waals surface area contributed by atoms with E-state index in [4.69, 9.17) is 0 Å². The molecule has 1 atom stereocenters. The number of hydrogen-bond donors (Lipinski definition) is 1. The van der Waals surface area contributed by atoms with Gasteiger partial charge in [-0.15, -0.1) is 0 Å². The van der Waals surface area contributed by atoms with Gasteiger partial charge in [-0.3, -0.25) is 4.79 Å². The normalized spacial score (nSPS) is 18.1. The Morgan fingerprint density at radius 1 is 1.00 bits per heavy atom. The number of anilines is 1. The zero-order chi connectivity index (χ0) is 19.8. The molecule has 3 rings (SSSR count). The van der Waals surface area contributed by atoms with Gasteiger partial charge in [0.25, 0.3) is 0 Å². The third-order valence-corrected chi connectivity index (χ3v) is 6.33. The molecule has 0 saturated heterocycles. The van der Waals surface area contributed by atoms with Gasteiger partial charge in [0.05, 0.1) is 11.4 Å². The van der Waals surface area contributed by atoms with Crippen LogP contribution in [0.4, 0.5) is 5.69 Å². The van der Waals surface area contributed by atoms with Gasteiger partial charge in [0, 0.05) is 17.1 Å². The van der Waals surface area contributed by atoms with Crippen molar-refractivity contribution in [2.24, 2.45) is 5.92 Å². The van der Waals surface area contributed by atoms with Gasteiger partial charge in [-0.1, -0.05) is 31.2 Å². The van der Waals surface area contributed by atoms with Gasteiger partial charge in [0.1, 0.15) is 0 Å². The first-order chi connectivity index (χ1) is 12.6. The van der Waals surface area contributed by atoms with Gasteiger partial charge in [-0.25, -0.2) is 13.1 Å². The van der Waals surface area contributed by atoms with Crippen molar-refractivity contribution >= 4 is 21.6 Å². The van der Waals surface area contributed by atoms with Crippen molar-refractivity contribution in [3.63, 3.8) is 0 Å². The van der Waals surface area contributed by atoms with E-state index < -0.39 is 15.6 Å². The number of rotatable bonds is 3. The Morgan fingerprint density at radius 2 is 1.59 bits per heavy atom. The minimum atomic E-state index is -3.60. The number of carbonyl (C=O) groups excluding carboxylic acids is 1. The Hall–Kier alpha value is -2.18. The van der Waals surface area contributed by atoms with Gasteiger partial charge >= 0.3 is 0 Å². The molecule has 2 aromatic carbocycles. The molecule has 0 spiro atoms. The summed E-state index contributed by atoms with van der Waals surface area (Å²) in [6.45, 7) is 7.82. The summed E-state index contributed by atoms with van der Waals surface area (Å²) >= 11 is 0. The second kappa shape index (κ2) is 7.09. The van der Waals surface area contributed by atoms with E-state index in [1.54, 1.807) is 49.9 Å². The van der Waals surface area contributed by atoms with Gasteiger partial charge in [0.15, 0.2) is 0 Å². The number of nitrogens with one attached hydrogen (secondary N) is 1. The van der Waals surface area contributed by atoms with Crippen molar-refractivity contribution in [3.8, 4) is 0 Å². The lowest BCUT2D eigenvalue weighted by Gasteiger charge is -2.24. The maximum absolute atomic E-state index is 12.9. The molecule has 5 nitrogen and oxygen atoms in total. The Morgan fingerprint density at radius 3 is 2.19 bits per heavy atom. The van der Waals surface area contributed by atoms with Crippen molar-refractivity contribution in [2.45, 2.75) is 51.1 Å². The molecule has 0 aliphatic carbocycles. The summed E-state index contributed by atoms with van der Waals surface area (Å²) in [5.41, 5.74) is 2.46. The smallest absolute Gasteiger partial charge is 0.241 e. The lowest BCUT2D eigenvalue weighted by Crippen LogP contribution is -2.40. The minimum absolute atomic E-state index is 0.0506. The Bertz CT molecular complexity index is 944. The first-order valence-electron chi connectivity index (χ1n) is 9.09. The van der Waals surface area contributed by atoms with E-state index in [-0.39, 0.29) is 16.7 Å². The van der Waals surface area contributed by atoms with Crippen LogP contribution >= 0.6 is 0 Å². The lowest BCUT2D eigenvalue weighted by molar-refractivity contribution is -0.121. The summed E-state index contributed by atoms with van der Waals surface area (Å²) in [6, 6.07) is 14.6. The van der Waals surface area contributed by atoms with E-state index in [1.807, 2.05) is 25.1 Å². The summed E-state index contributed by atoms with van der Waals surface area (Å²) in [6.07, 6.45) is 0.716. The van der Waals surface area contributed by atoms with Crippen LogP contribution < -0.4 is 9.62 Å². The maximum Gasteiger partial charge on any atom is 0.241 e. The predicted octanol–water partition coefficient (Wildman–Crippen LogP) is 3.49. The van der Waals surface area contributed by atoms with Crippen molar-refractivity contribution in [2.75, 3.05) is 4.90 Å². The zero-order valence-electron chi connectivity index (χ0n) is 16.2. The number of amides is 1. The molecule has 0 saturated carbocycles. The standard InChI is InChI=1S/C21H26N2O3S/c1-15-13-16-7-5-6-8-17(16)14-23(20(15)24)18-9-11-19(12-10-18)27(25,26)22-21(2,3)4/h5-12,15,22H,13-14H2,1-4H3. The van der Waals surface area contributed by atoms with Crippen LogP contribution in [-0.2, 0) is 27.8 Å². The van der Waals surface area contributed by atoms with E-state index in [1.165, 1.54) is 5.56 Å².